The van der Waals surface area contributed by atoms with E-state index in [1.165, 1.54) is 0 Å². The number of rotatable bonds is 0. The predicted octanol–water partition coefficient (Wildman–Crippen LogP) is -17.3. The van der Waals surface area contributed by atoms with Crippen molar-refractivity contribution in [2.24, 2.45) is 0 Å². The summed E-state index contributed by atoms with van der Waals surface area (Å²) in [6.07, 6.45) is 0. The van der Waals surface area contributed by atoms with Crippen molar-refractivity contribution in [3.63, 3.8) is 0 Å². The van der Waals surface area contributed by atoms with Crippen molar-refractivity contribution >= 4 is 41.6 Å². The molecule has 130 valence electrons. The Morgan fingerprint density at radius 1 is 0.320 bits per heavy atom. The summed E-state index contributed by atoms with van der Waals surface area (Å²) in [5.41, 5.74) is 0. The fourth-order valence-electron chi connectivity index (χ4n) is 0. The molecule has 0 fully saturated rings. The molecule has 0 aliphatic carbocycles. The van der Waals surface area contributed by atoms with E-state index in [0.717, 1.165) is 0 Å². The van der Waals surface area contributed by atoms with Gasteiger partial charge in [-0.3, -0.25) is 33.7 Å². The Morgan fingerprint density at radius 2 is 0.320 bits per heavy atom. The summed E-state index contributed by atoms with van der Waals surface area (Å²) in [5.74, 6) is 0. The first-order valence-electron chi connectivity index (χ1n) is 2.67. The molecule has 25 heteroatoms. The van der Waals surface area contributed by atoms with Crippen LogP contribution < -0.4 is 206 Å². The van der Waals surface area contributed by atoms with Gasteiger partial charge in [-0.05, 0) is 0 Å². The van der Waals surface area contributed by atoms with E-state index >= 15 is 0 Å². The van der Waals surface area contributed by atoms with Crippen molar-refractivity contribution in [2.75, 3.05) is 0 Å². The van der Waals surface area contributed by atoms with Crippen LogP contribution in [0.25, 0.3) is 0 Å². The molecule has 0 rings (SSSR count). The van der Waals surface area contributed by atoms with E-state index < -0.39 is 41.6 Å². The summed E-state index contributed by atoms with van der Waals surface area (Å²) in [4.78, 5) is 0. The molecular formula is K4O16S4Zr-2. The molecular weight excluding hydrogens is 632 g/mol. The van der Waals surface area contributed by atoms with Crippen LogP contribution in [0.2, 0.25) is 0 Å². The Morgan fingerprint density at radius 3 is 0.320 bits per heavy atom. The average molecular weight is 632 g/mol. The fraction of sp³-hybridized carbons (Fsp3) is 0. The van der Waals surface area contributed by atoms with Crippen LogP contribution in [-0.4, -0.2) is 70.1 Å². The molecule has 0 atom stereocenters. The van der Waals surface area contributed by atoms with Crippen molar-refractivity contribution in [1.82, 2.24) is 0 Å². The molecule has 25 heavy (non-hydrogen) atoms. The molecule has 0 radical (unpaired) electrons. The van der Waals surface area contributed by atoms with Gasteiger partial charge in [0.05, 0.1) is 0 Å². The summed E-state index contributed by atoms with van der Waals surface area (Å²) in [5, 5.41) is 0. The Labute approximate surface area is 333 Å². The minimum Gasteiger partial charge on any atom is -0.759 e. The van der Waals surface area contributed by atoms with Crippen molar-refractivity contribution < 1.29 is 302 Å². The van der Waals surface area contributed by atoms with E-state index in [4.69, 9.17) is 70.1 Å². The largest absolute Gasteiger partial charge is 2.00 e. The standard InChI is InChI=1S/4K.4H2O4S.Zr/c;;;;4*1-5(2,3)4;/h;;;;4*(H2,1,2,3,4);/q4*+1;;;;;+2/p-8. The van der Waals surface area contributed by atoms with Crippen LogP contribution in [0.4, 0.5) is 0 Å². The smallest absolute Gasteiger partial charge is 0.759 e. The van der Waals surface area contributed by atoms with Gasteiger partial charge in [0.2, 0.25) is 0 Å². The first-order chi connectivity index (χ1) is 8.00. The monoisotopic (exact) mass is 630 g/mol. The van der Waals surface area contributed by atoms with Crippen LogP contribution in [0, 0.1) is 0 Å². The summed E-state index contributed by atoms with van der Waals surface area (Å²) >= 11 is 0. The summed E-state index contributed by atoms with van der Waals surface area (Å²) < 4.78 is 136. The van der Waals surface area contributed by atoms with Gasteiger partial charge in [0.25, 0.3) is 0 Å². The molecule has 0 saturated carbocycles. The second-order valence-electron chi connectivity index (χ2n) is 1.63. The second kappa shape index (κ2) is 28.9. The molecule has 0 spiro atoms. The molecule has 0 bridgehead atoms. The van der Waals surface area contributed by atoms with Crippen LogP contribution in [0.3, 0.4) is 0 Å². The van der Waals surface area contributed by atoms with Crippen LogP contribution in [0.1, 0.15) is 0 Å². The Balaban J connectivity index is -0.0000000183. The van der Waals surface area contributed by atoms with E-state index in [-0.39, 0.29) is 232 Å². The van der Waals surface area contributed by atoms with Crippen molar-refractivity contribution in [3.05, 3.63) is 0 Å². The first-order valence-corrected chi connectivity index (χ1v) is 8.00. The average Bonchev–Trinajstić information content (AvgIpc) is 1.62. The molecule has 0 aromatic heterocycles. The third kappa shape index (κ3) is 541. The molecule has 0 unspecified atom stereocenters. The van der Waals surface area contributed by atoms with Gasteiger partial charge < -0.3 is 36.4 Å². The Hall–Kier alpha value is 6.91. The minimum absolute atomic E-state index is 0. The van der Waals surface area contributed by atoms with Crippen molar-refractivity contribution in [2.45, 2.75) is 0 Å². The zero-order chi connectivity index (χ0) is 18.0. The van der Waals surface area contributed by atoms with Gasteiger partial charge in [0.1, 0.15) is 0 Å². The molecule has 0 aliphatic rings. The third-order valence-corrected chi connectivity index (χ3v) is 0. The number of hydrogen-bond acceptors (Lipinski definition) is 16. The topological polar surface area (TPSA) is 321 Å². The van der Waals surface area contributed by atoms with Crippen LogP contribution in [0.15, 0.2) is 0 Å². The van der Waals surface area contributed by atoms with E-state index in [0.29, 0.717) is 0 Å². The summed E-state index contributed by atoms with van der Waals surface area (Å²) in [6.45, 7) is 0. The molecule has 0 aliphatic heterocycles. The Kier molecular flexibility index (Phi) is 67.2. The van der Waals surface area contributed by atoms with E-state index in [9.17, 15) is 0 Å². The normalized spacial score (nSPS) is 9.28. The predicted molar refractivity (Wildman–Crippen MR) is 41.9 cm³/mol. The quantitative estimate of drug-likeness (QED) is 0.136. The van der Waals surface area contributed by atoms with Crippen LogP contribution >= 0.6 is 0 Å². The molecule has 0 saturated heterocycles. The Bertz CT molecular complexity index is 489. The first kappa shape index (κ1) is 58.1. The second-order valence-corrected chi connectivity index (χ2v) is 4.90. The molecule has 0 heterocycles. The van der Waals surface area contributed by atoms with Gasteiger partial charge in [-0.15, -0.1) is 0 Å². The van der Waals surface area contributed by atoms with E-state index in [1.54, 1.807) is 0 Å². The zero-order valence-corrected chi connectivity index (χ0v) is 30.9. The van der Waals surface area contributed by atoms with Crippen molar-refractivity contribution in [1.29, 1.82) is 0 Å². The maximum absolute atomic E-state index is 8.52. The molecule has 0 amide bonds. The molecule has 0 aromatic carbocycles. The van der Waals surface area contributed by atoms with Gasteiger partial charge in [0.15, 0.2) is 0 Å². The van der Waals surface area contributed by atoms with Gasteiger partial charge in [-0.2, -0.15) is 0 Å². The molecule has 0 N–H and O–H groups in total. The van der Waals surface area contributed by atoms with E-state index in [2.05, 4.69) is 0 Å². The molecule has 16 nitrogen and oxygen atoms in total. The SMILES string of the molecule is O=S(=O)([O-])[O-].O=S(=O)([O-])[O-].O=S(=O)([O-])[O-].O=S(=O)([O-])[O-].[K+].[K+].[K+].[K+].[Zr+2]. The maximum Gasteiger partial charge on any atom is 2.00 e. The van der Waals surface area contributed by atoms with Gasteiger partial charge in [-0.1, -0.05) is 0 Å². The minimum atomic E-state index is -5.17. The third-order valence-electron chi connectivity index (χ3n) is 0. The van der Waals surface area contributed by atoms with Gasteiger partial charge >= 0.3 is 232 Å². The van der Waals surface area contributed by atoms with Gasteiger partial charge in [-0.25, -0.2) is 0 Å². The zero-order valence-electron chi connectivity index (χ0n) is 12.7. The van der Waals surface area contributed by atoms with Crippen LogP contribution in [0.5, 0.6) is 0 Å². The van der Waals surface area contributed by atoms with Crippen molar-refractivity contribution in [3.8, 4) is 0 Å². The van der Waals surface area contributed by atoms with Gasteiger partial charge in [0, 0.05) is 41.6 Å². The molecule has 0 aromatic rings. The maximum atomic E-state index is 8.52. The summed E-state index contributed by atoms with van der Waals surface area (Å²) in [6, 6.07) is 0. The fourth-order valence-corrected chi connectivity index (χ4v) is 0. The van der Waals surface area contributed by atoms with Crippen LogP contribution in [-0.2, 0) is 67.8 Å². The number of hydrogen-bond donors (Lipinski definition) is 0. The summed E-state index contributed by atoms with van der Waals surface area (Å²) in [7, 11) is -20.7. The van der Waals surface area contributed by atoms with E-state index in [1.807, 2.05) is 0 Å².